The molecule has 2 aromatic rings. The van der Waals surface area contributed by atoms with Crippen LogP contribution in [0.15, 0.2) is 53.4 Å². The number of methoxy groups -OCH3 is 1. The summed E-state index contributed by atoms with van der Waals surface area (Å²) in [6, 6.07) is 13.6. The van der Waals surface area contributed by atoms with Crippen LogP contribution < -0.4 is 10.1 Å². The summed E-state index contributed by atoms with van der Waals surface area (Å²) in [5.74, 6) is -0.0960. The number of ether oxygens (including phenoxy) is 1. The van der Waals surface area contributed by atoms with Gasteiger partial charge in [0, 0.05) is 30.6 Å². The highest BCUT2D eigenvalue weighted by molar-refractivity contribution is 7.89. The Labute approximate surface area is 183 Å². The summed E-state index contributed by atoms with van der Waals surface area (Å²) in [7, 11) is -2.14. The van der Waals surface area contributed by atoms with Gasteiger partial charge in [0.15, 0.2) is 0 Å². The number of carbonyl (C=O) groups is 1. The van der Waals surface area contributed by atoms with E-state index in [-0.39, 0.29) is 29.8 Å². The van der Waals surface area contributed by atoms with E-state index in [0.29, 0.717) is 17.3 Å². The van der Waals surface area contributed by atoms with Gasteiger partial charge in [0.2, 0.25) is 15.9 Å². The van der Waals surface area contributed by atoms with Crippen molar-refractivity contribution in [2.45, 2.75) is 30.6 Å². The van der Waals surface area contributed by atoms with Gasteiger partial charge in [-0.15, -0.1) is 0 Å². The Morgan fingerprint density at radius 1 is 1.13 bits per heavy atom. The Bertz CT molecular complexity index is 962. The normalized spacial score (nSPS) is 19.6. The summed E-state index contributed by atoms with van der Waals surface area (Å²) in [4.78, 5) is 13.1. The summed E-state index contributed by atoms with van der Waals surface area (Å²) in [6.45, 7) is 3.02. The molecular formula is C22H27ClN2O4S. The largest absolute Gasteiger partial charge is 0.497 e. The summed E-state index contributed by atoms with van der Waals surface area (Å²) >= 11 is 5.90. The van der Waals surface area contributed by atoms with Crippen LogP contribution in [-0.4, -0.2) is 45.4 Å². The van der Waals surface area contributed by atoms with E-state index in [9.17, 15) is 13.2 Å². The molecule has 8 heteroatoms. The first-order valence-electron chi connectivity index (χ1n) is 10.0. The van der Waals surface area contributed by atoms with E-state index in [1.165, 1.54) is 16.4 Å². The highest BCUT2D eigenvalue weighted by Gasteiger charge is 2.43. The molecule has 2 aromatic carbocycles. The van der Waals surface area contributed by atoms with Gasteiger partial charge in [-0.2, -0.15) is 4.31 Å². The van der Waals surface area contributed by atoms with Crippen LogP contribution in [-0.2, 0) is 14.8 Å². The second-order valence-corrected chi connectivity index (χ2v) is 9.78. The molecule has 0 aliphatic carbocycles. The molecule has 0 spiro atoms. The molecule has 0 aromatic heterocycles. The number of hydrogen-bond acceptors (Lipinski definition) is 4. The highest BCUT2D eigenvalue weighted by atomic mass is 35.5. The van der Waals surface area contributed by atoms with Crippen LogP contribution in [0.3, 0.4) is 0 Å². The van der Waals surface area contributed by atoms with Gasteiger partial charge in [-0.05, 0) is 48.4 Å². The molecule has 3 rings (SSSR count). The van der Waals surface area contributed by atoms with Crippen molar-refractivity contribution in [3.8, 4) is 5.75 Å². The van der Waals surface area contributed by atoms with Crippen molar-refractivity contribution >= 4 is 27.5 Å². The molecule has 1 saturated heterocycles. The third kappa shape index (κ3) is 4.96. The van der Waals surface area contributed by atoms with Crippen LogP contribution in [0.4, 0.5) is 0 Å². The fourth-order valence-corrected chi connectivity index (χ4v) is 5.31. The van der Waals surface area contributed by atoms with Crippen molar-refractivity contribution in [2.24, 2.45) is 5.92 Å². The molecule has 1 fully saturated rings. The Kier molecular flexibility index (Phi) is 7.39. The van der Waals surface area contributed by atoms with E-state index in [1.54, 1.807) is 19.2 Å². The van der Waals surface area contributed by atoms with Crippen LogP contribution in [0, 0.1) is 5.92 Å². The van der Waals surface area contributed by atoms with Gasteiger partial charge < -0.3 is 10.1 Å². The third-order valence-electron chi connectivity index (χ3n) is 5.45. The maximum atomic E-state index is 13.2. The number of amides is 1. The average Bonchev–Trinajstić information content (AvgIpc) is 3.21. The lowest BCUT2D eigenvalue weighted by Crippen LogP contribution is -2.36. The summed E-state index contributed by atoms with van der Waals surface area (Å²) in [5, 5.41) is 3.44. The fraction of sp³-hybridized carbons (Fsp3) is 0.409. The molecule has 30 heavy (non-hydrogen) atoms. The Morgan fingerprint density at radius 2 is 1.80 bits per heavy atom. The molecular weight excluding hydrogens is 424 g/mol. The minimum atomic E-state index is -3.73. The van der Waals surface area contributed by atoms with Gasteiger partial charge in [-0.3, -0.25) is 4.79 Å². The van der Waals surface area contributed by atoms with Gasteiger partial charge in [-0.1, -0.05) is 37.1 Å². The maximum Gasteiger partial charge on any atom is 0.243 e. The Morgan fingerprint density at radius 3 is 2.40 bits per heavy atom. The zero-order valence-electron chi connectivity index (χ0n) is 17.2. The topological polar surface area (TPSA) is 75.7 Å². The Balaban J connectivity index is 1.88. The van der Waals surface area contributed by atoms with E-state index in [1.807, 2.05) is 24.3 Å². The fourth-order valence-electron chi connectivity index (χ4n) is 3.69. The average molecular weight is 451 g/mol. The molecule has 162 valence electrons. The highest BCUT2D eigenvalue weighted by Crippen LogP contribution is 2.36. The van der Waals surface area contributed by atoms with E-state index in [4.69, 9.17) is 16.3 Å². The lowest BCUT2D eigenvalue weighted by atomic mass is 9.88. The van der Waals surface area contributed by atoms with Gasteiger partial charge in [-0.25, -0.2) is 8.42 Å². The minimum Gasteiger partial charge on any atom is -0.497 e. The number of halogens is 1. The number of benzene rings is 2. The minimum absolute atomic E-state index is 0.113. The van der Waals surface area contributed by atoms with Crippen LogP contribution in [0.5, 0.6) is 5.75 Å². The number of rotatable bonds is 8. The molecule has 1 aliphatic rings. The van der Waals surface area contributed by atoms with E-state index in [2.05, 4.69) is 12.2 Å². The summed E-state index contributed by atoms with van der Waals surface area (Å²) < 4.78 is 33.0. The standard InChI is InChI=1S/C22H27ClN2O4S/c1-3-4-13-24-22(26)21-15-25(30(27,28)19-11-7-17(23)8-12-19)14-20(21)16-5-9-18(29-2)10-6-16/h5-12,20-21H,3-4,13-15H2,1-2H3,(H,24,26). The molecule has 0 radical (unpaired) electrons. The van der Waals surface area contributed by atoms with Crippen LogP contribution in [0.25, 0.3) is 0 Å². The summed E-state index contributed by atoms with van der Waals surface area (Å²) in [6.07, 6.45) is 1.86. The molecule has 2 unspecified atom stereocenters. The van der Waals surface area contributed by atoms with E-state index >= 15 is 0 Å². The molecule has 1 amide bonds. The predicted octanol–water partition coefficient (Wildman–Crippen LogP) is 3.67. The maximum absolute atomic E-state index is 13.2. The number of nitrogens with zero attached hydrogens (tertiary/aromatic N) is 1. The molecule has 0 saturated carbocycles. The smallest absolute Gasteiger partial charge is 0.243 e. The molecule has 1 N–H and O–H groups in total. The van der Waals surface area contributed by atoms with Crippen molar-refractivity contribution in [2.75, 3.05) is 26.7 Å². The van der Waals surface area contributed by atoms with Crippen molar-refractivity contribution in [3.63, 3.8) is 0 Å². The monoisotopic (exact) mass is 450 g/mol. The van der Waals surface area contributed by atoms with Crippen molar-refractivity contribution in [1.29, 1.82) is 0 Å². The van der Waals surface area contributed by atoms with Crippen LogP contribution in [0.2, 0.25) is 5.02 Å². The number of carbonyl (C=O) groups excluding carboxylic acids is 1. The number of sulfonamides is 1. The second kappa shape index (κ2) is 9.81. The number of unbranched alkanes of at least 4 members (excludes halogenated alkanes) is 1. The second-order valence-electron chi connectivity index (χ2n) is 7.41. The first-order valence-corrected chi connectivity index (χ1v) is 11.9. The number of nitrogens with one attached hydrogen (secondary N) is 1. The first kappa shape index (κ1) is 22.6. The predicted molar refractivity (Wildman–Crippen MR) is 117 cm³/mol. The molecule has 6 nitrogen and oxygen atoms in total. The third-order valence-corrected chi connectivity index (χ3v) is 7.55. The van der Waals surface area contributed by atoms with Gasteiger partial charge in [0.05, 0.1) is 17.9 Å². The zero-order chi connectivity index (χ0) is 21.7. The van der Waals surface area contributed by atoms with Gasteiger partial charge in [0.25, 0.3) is 0 Å². The number of hydrogen-bond donors (Lipinski definition) is 1. The Hall–Kier alpha value is -2.09. The van der Waals surface area contributed by atoms with E-state index in [0.717, 1.165) is 18.4 Å². The van der Waals surface area contributed by atoms with E-state index < -0.39 is 15.9 Å². The van der Waals surface area contributed by atoms with Crippen molar-refractivity contribution < 1.29 is 17.9 Å². The lowest BCUT2D eigenvalue weighted by molar-refractivity contribution is -0.124. The molecule has 2 atom stereocenters. The van der Waals surface area contributed by atoms with Gasteiger partial charge in [0.1, 0.15) is 5.75 Å². The molecule has 0 bridgehead atoms. The van der Waals surface area contributed by atoms with Gasteiger partial charge >= 0.3 is 0 Å². The lowest BCUT2D eigenvalue weighted by Gasteiger charge is -2.18. The van der Waals surface area contributed by atoms with Crippen molar-refractivity contribution in [1.82, 2.24) is 9.62 Å². The SMILES string of the molecule is CCCCNC(=O)C1CN(S(=O)(=O)c2ccc(Cl)cc2)CC1c1ccc(OC)cc1. The first-order chi connectivity index (χ1) is 14.4. The van der Waals surface area contributed by atoms with Crippen LogP contribution >= 0.6 is 11.6 Å². The molecule has 1 heterocycles. The molecule has 1 aliphatic heterocycles. The van der Waals surface area contributed by atoms with Crippen molar-refractivity contribution in [3.05, 3.63) is 59.1 Å². The van der Waals surface area contributed by atoms with Crippen LogP contribution in [0.1, 0.15) is 31.2 Å². The summed E-state index contributed by atoms with van der Waals surface area (Å²) in [5.41, 5.74) is 0.917. The zero-order valence-corrected chi connectivity index (χ0v) is 18.7. The quantitative estimate of drug-likeness (QED) is 0.622.